The summed E-state index contributed by atoms with van der Waals surface area (Å²) >= 11 is 2.14. The van der Waals surface area contributed by atoms with Gasteiger partial charge in [-0.2, -0.15) is 0 Å². The van der Waals surface area contributed by atoms with Gasteiger partial charge in [0.25, 0.3) is 5.91 Å². The molecule has 0 atom stereocenters. The van der Waals surface area contributed by atoms with Crippen LogP contribution < -0.4 is 5.32 Å². The third-order valence-corrected chi connectivity index (χ3v) is 3.31. The summed E-state index contributed by atoms with van der Waals surface area (Å²) in [6.07, 6.45) is 0. The highest BCUT2D eigenvalue weighted by molar-refractivity contribution is 14.1. The average Bonchev–Trinajstić information content (AvgIpc) is 2.39. The zero-order valence-electron chi connectivity index (χ0n) is 10.1. The van der Waals surface area contributed by atoms with Crippen molar-refractivity contribution in [1.82, 2.24) is 0 Å². The fourth-order valence-electron chi connectivity index (χ4n) is 1.59. The Hall–Kier alpha value is -2.09. The predicted molar refractivity (Wildman–Crippen MR) is 82.2 cm³/mol. The van der Waals surface area contributed by atoms with Crippen molar-refractivity contribution in [2.75, 3.05) is 5.32 Å². The van der Waals surface area contributed by atoms with Crippen LogP contribution in [0.4, 0.5) is 5.69 Å². The molecular formula is C14H10INO4. The standard InChI is InChI=1S/C14H10INO4/c15-9-3-1-8(2-4-9)13(18)16-10-5-6-11(14(19)20)12(17)7-10/h1-7,17H,(H,16,18)(H,19,20). The molecule has 0 saturated carbocycles. The van der Waals surface area contributed by atoms with E-state index in [1.807, 2.05) is 0 Å². The molecule has 0 aliphatic carbocycles. The van der Waals surface area contributed by atoms with Gasteiger partial charge in [0.2, 0.25) is 0 Å². The van der Waals surface area contributed by atoms with Gasteiger partial charge in [-0.25, -0.2) is 4.79 Å². The predicted octanol–water partition coefficient (Wildman–Crippen LogP) is 2.95. The average molecular weight is 383 g/mol. The molecule has 0 aliphatic rings. The number of carboxylic acids is 1. The SMILES string of the molecule is O=C(Nc1ccc(C(=O)O)c(O)c1)c1ccc(I)cc1. The van der Waals surface area contributed by atoms with Crippen molar-refractivity contribution in [2.45, 2.75) is 0 Å². The Balaban J connectivity index is 2.18. The lowest BCUT2D eigenvalue weighted by atomic mass is 10.1. The molecule has 5 nitrogen and oxygen atoms in total. The summed E-state index contributed by atoms with van der Waals surface area (Å²) < 4.78 is 1.02. The highest BCUT2D eigenvalue weighted by Crippen LogP contribution is 2.22. The van der Waals surface area contributed by atoms with Crippen molar-refractivity contribution >= 4 is 40.2 Å². The van der Waals surface area contributed by atoms with E-state index >= 15 is 0 Å². The van der Waals surface area contributed by atoms with Gasteiger partial charge in [-0.05, 0) is 59.0 Å². The summed E-state index contributed by atoms with van der Waals surface area (Å²) in [7, 11) is 0. The van der Waals surface area contributed by atoms with E-state index in [4.69, 9.17) is 5.11 Å². The summed E-state index contributed by atoms with van der Waals surface area (Å²) in [5.74, 6) is -1.94. The number of hydrogen-bond donors (Lipinski definition) is 3. The number of rotatable bonds is 3. The Labute approximate surface area is 128 Å². The van der Waals surface area contributed by atoms with Crippen LogP contribution in [-0.2, 0) is 0 Å². The fourth-order valence-corrected chi connectivity index (χ4v) is 1.95. The number of aromatic hydroxyl groups is 1. The first-order valence-electron chi connectivity index (χ1n) is 5.60. The molecular weight excluding hydrogens is 373 g/mol. The van der Waals surface area contributed by atoms with Crippen LogP contribution in [0, 0.1) is 3.57 Å². The summed E-state index contributed by atoms with van der Waals surface area (Å²) in [6.45, 7) is 0. The molecule has 0 aromatic heterocycles. The van der Waals surface area contributed by atoms with E-state index in [0.717, 1.165) is 3.57 Å². The molecule has 2 aromatic rings. The lowest BCUT2D eigenvalue weighted by Crippen LogP contribution is -2.12. The van der Waals surface area contributed by atoms with Crippen LogP contribution in [0.3, 0.4) is 0 Å². The van der Waals surface area contributed by atoms with Gasteiger partial charge in [0.15, 0.2) is 0 Å². The zero-order chi connectivity index (χ0) is 14.7. The smallest absolute Gasteiger partial charge is 0.339 e. The number of carbonyl (C=O) groups is 2. The highest BCUT2D eigenvalue weighted by atomic mass is 127. The Morgan fingerprint density at radius 2 is 1.70 bits per heavy atom. The molecule has 0 heterocycles. The van der Waals surface area contributed by atoms with E-state index in [9.17, 15) is 14.7 Å². The minimum atomic E-state index is -1.22. The lowest BCUT2D eigenvalue weighted by molar-refractivity contribution is 0.0693. The Bertz CT molecular complexity index is 667. The maximum absolute atomic E-state index is 11.9. The molecule has 0 bridgehead atoms. The van der Waals surface area contributed by atoms with Crippen molar-refractivity contribution in [3.63, 3.8) is 0 Å². The number of hydrogen-bond acceptors (Lipinski definition) is 3. The van der Waals surface area contributed by atoms with Crippen LogP contribution >= 0.6 is 22.6 Å². The maximum Gasteiger partial charge on any atom is 0.339 e. The minimum absolute atomic E-state index is 0.211. The van der Waals surface area contributed by atoms with Crippen LogP contribution in [0.1, 0.15) is 20.7 Å². The molecule has 2 rings (SSSR count). The minimum Gasteiger partial charge on any atom is -0.507 e. The summed E-state index contributed by atoms with van der Waals surface area (Å²) in [5.41, 5.74) is 0.598. The van der Waals surface area contributed by atoms with E-state index in [1.165, 1.54) is 18.2 Å². The normalized spacial score (nSPS) is 10.1. The Kier molecular flexibility index (Phi) is 4.23. The summed E-state index contributed by atoms with van der Waals surface area (Å²) in [4.78, 5) is 22.7. The highest BCUT2D eigenvalue weighted by Gasteiger charge is 2.11. The molecule has 0 radical (unpaired) electrons. The van der Waals surface area contributed by atoms with E-state index in [1.54, 1.807) is 24.3 Å². The molecule has 2 aromatic carbocycles. The van der Waals surface area contributed by atoms with Gasteiger partial charge in [-0.3, -0.25) is 4.79 Å². The first kappa shape index (κ1) is 14.3. The molecule has 0 saturated heterocycles. The van der Waals surface area contributed by atoms with E-state index in [0.29, 0.717) is 11.3 Å². The Morgan fingerprint density at radius 1 is 1.05 bits per heavy atom. The Morgan fingerprint density at radius 3 is 2.25 bits per heavy atom. The molecule has 20 heavy (non-hydrogen) atoms. The van der Waals surface area contributed by atoms with Crippen LogP contribution in [0.2, 0.25) is 0 Å². The number of halogens is 1. The van der Waals surface area contributed by atoms with Gasteiger partial charge in [0, 0.05) is 20.9 Å². The molecule has 0 unspecified atom stereocenters. The van der Waals surface area contributed by atoms with E-state index in [-0.39, 0.29) is 11.5 Å². The monoisotopic (exact) mass is 383 g/mol. The molecule has 0 fully saturated rings. The van der Waals surface area contributed by atoms with Gasteiger partial charge < -0.3 is 15.5 Å². The van der Waals surface area contributed by atoms with Crippen molar-refractivity contribution in [2.24, 2.45) is 0 Å². The molecule has 3 N–H and O–H groups in total. The van der Waals surface area contributed by atoms with Crippen molar-refractivity contribution < 1.29 is 19.8 Å². The van der Waals surface area contributed by atoms with Gasteiger partial charge in [0.1, 0.15) is 11.3 Å². The molecule has 102 valence electrons. The topological polar surface area (TPSA) is 86.6 Å². The van der Waals surface area contributed by atoms with Crippen molar-refractivity contribution in [3.05, 3.63) is 57.2 Å². The number of amides is 1. The van der Waals surface area contributed by atoms with Gasteiger partial charge in [-0.15, -0.1) is 0 Å². The van der Waals surface area contributed by atoms with Gasteiger partial charge >= 0.3 is 5.97 Å². The van der Waals surface area contributed by atoms with Crippen molar-refractivity contribution in [1.29, 1.82) is 0 Å². The fraction of sp³-hybridized carbons (Fsp3) is 0. The van der Waals surface area contributed by atoms with Crippen molar-refractivity contribution in [3.8, 4) is 5.75 Å². The third kappa shape index (κ3) is 3.27. The van der Waals surface area contributed by atoms with Gasteiger partial charge in [-0.1, -0.05) is 0 Å². The zero-order valence-corrected chi connectivity index (χ0v) is 12.3. The summed E-state index contributed by atoms with van der Waals surface area (Å²) in [5, 5.41) is 20.9. The van der Waals surface area contributed by atoms with Gasteiger partial charge in [0.05, 0.1) is 0 Å². The second kappa shape index (κ2) is 5.91. The molecule has 0 aliphatic heterocycles. The van der Waals surface area contributed by atoms with Crippen LogP contribution in [-0.4, -0.2) is 22.1 Å². The van der Waals surface area contributed by atoms with Crippen LogP contribution in [0.25, 0.3) is 0 Å². The van der Waals surface area contributed by atoms with E-state index < -0.39 is 11.7 Å². The van der Waals surface area contributed by atoms with E-state index in [2.05, 4.69) is 27.9 Å². The second-order valence-corrected chi connectivity index (χ2v) is 5.24. The summed E-state index contributed by atoms with van der Waals surface area (Å²) in [6, 6.07) is 10.8. The number of anilines is 1. The largest absolute Gasteiger partial charge is 0.507 e. The molecule has 6 heteroatoms. The number of aromatic carboxylic acids is 1. The second-order valence-electron chi connectivity index (χ2n) is 4.00. The first-order valence-corrected chi connectivity index (χ1v) is 6.68. The molecule has 1 amide bonds. The lowest BCUT2D eigenvalue weighted by Gasteiger charge is -2.07. The number of nitrogens with one attached hydrogen (secondary N) is 1. The number of carboxylic acid groups (broad SMARTS) is 1. The van der Waals surface area contributed by atoms with Crippen LogP contribution in [0.15, 0.2) is 42.5 Å². The van der Waals surface area contributed by atoms with Crippen LogP contribution in [0.5, 0.6) is 5.75 Å². The number of phenols is 1. The number of benzene rings is 2. The number of carbonyl (C=O) groups excluding carboxylic acids is 1. The maximum atomic E-state index is 11.9. The molecule has 0 spiro atoms. The third-order valence-electron chi connectivity index (χ3n) is 2.59. The quantitative estimate of drug-likeness (QED) is 0.712. The first-order chi connectivity index (χ1) is 9.47.